The molecule has 5 heteroatoms. The molecular weight excluding hydrogens is 193 g/mol. The highest BCUT2D eigenvalue weighted by atomic mass is 19.4. The van der Waals surface area contributed by atoms with Gasteiger partial charge in [-0.2, -0.15) is 13.2 Å². The van der Waals surface area contributed by atoms with Crippen molar-refractivity contribution in [3.63, 3.8) is 0 Å². The van der Waals surface area contributed by atoms with Crippen molar-refractivity contribution in [2.24, 2.45) is 11.7 Å². The Balaban J connectivity index is 1.88. The first-order chi connectivity index (χ1) is 6.49. The number of hydrogen-bond donors (Lipinski definition) is 2. The molecule has 0 radical (unpaired) electrons. The molecule has 0 spiro atoms. The maximum absolute atomic E-state index is 11.7. The Labute approximate surface area is 82.0 Å². The molecular formula is C9H17F3N2. The van der Waals surface area contributed by atoms with Crippen LogP contribution < -0.4 is 11.1 Å². The molecule has 1 saturated carbocycles. The van der Waals surface area contributed by atoms with Crippen LogP contribution in [0.5, 0.6) is 0 Å². The first kappa shape index (κ1) is 11.8. The molecule has 84 valence electrons. The van der Waals surface area contributed by atoms with Gasteiger partial charge in [-0.3, -0.25) is 0 Å². The van der Waals surface area contributed by atoms with E-state index in [1.54, 1.807) is 0 Å². The van der Waals surface area contributed by atoms with E-state index in [2.05, 4.69) is 5.32 Å². The van der Waals surface area contributed by atoms with E-state index in [1.165, 1.54) is 12.8 Å². The van der Waals surface area contributed by atoms with Crippen LogP contribution in [0.3, 0.4) is 0 Å². The number of halogens is 3. The molecule has 0 aromatic carbocycles. The zero-order valence-corrected chi connectivity index (χ0v) is 8.11. The zero-order valence-electron chi connectivity index (χ0n) is 8.11. The average Bonchev–Trinajstić information content (AvgIpc) is 2.83. The van der Waals surface area contributed by atoms with Crippen LogP contribution in [0, 0.1) is 5.92 Å². The van der Waals surface area contributed by atoms with Gasteiger partial charge in [0.05, 0.1) is 6.42 Å². The van der Waals surface area contributed by atoms with Crippen molar-refractivity contribution in [2.75, 3.05) is 13.1 Å². The molecule has 0 saturated heterocycles. The van der Waals surface area contributed by atoms with Gasteiger partial charge in [-0.05, 0) is 31.7 Å². The summed E-state index contributed by atoms with van der Waals surface area (Å²) in [5.41, 5.74) is 5.78. The van der Waals surface area contributed by atoms with E-state index in [1.807, 2.05) is 0 Å². The predicted molar refractivity (Wildman–Crippen MR) is 48.9 cm³/mol. The molecule has 0 aromatic heterocycles. The van der Waals surface area contributed by atoms with Crippen LogP contribution >= 0.6 is 0 Å². The number of nitrogens with one attached hydrogen (secondary N) is 1. The van der Waals surface area contributed by atoms with Gasteiger partial charge in [0.25, 0.3) is 0 Å². The summed E-state index contributed by atoms with van der Waals surface area (Å²) in [6.07, 6.45) is -1.66. The molecule has 2 nitrogen and oxygen atoms in total. The summed E-state index contributed by atoms with van der Waals surface area (Å²) >= 11 is 0. The molecule has 1 aliphatic carbocycles. The van der Waals surface area contributed by atoms with Gasteiger partial charge in [-0.15, -0.1) is 0 Å². The van der Waals surface area contributed by atoms with Gasteiger partial charge < -0.3 is 11.1 Å². The highest BCUT2D eigenvalue weighted by Gasteiger charge is 2.28. The first-order valence-electron chi connectivity index (χ1n) is 5.02. The lowest BCUT2D eigenvalue weighted by molar-refractivity contribution is -0.133. The Kier molecular flexibility index (Phi) is 4.19. The Morgan fingerprint density at radius 1 is 1.29 bits per heavy atom. The van der Waals surface area contributed by atoms with Gasteiger partial charge in [0.2, 0.25) is 0 Å². The van der Waals surface area contributed by atoms with Crippen LogP contribution in [-0.2, 0) is 0 Å². The molecule has 1 unspecified atom stereocenters. The summed E-state index contributed by atoms with van der Waals surface area (Å²) in [6.45, 7) is 0.592. The maximum atomic E-state index is 11.7. The highest BCUT2D eigenvalue weighted by molar-refractivity contribution is 4.84. The Hall–Kier alpha value is -0.290. The molecule has 0 aromatic rings. The molecule has 3 N–H and O–H groups in total. The third-order valence-electron chi connectivity index (χ3n) is 2.47. The van der Waals surface area contributed by atoms with Crippen molar-refractivity contribution < 1.29 is 13.2 Å². The number of hydrogen-bond acceptors (Lipinski definition) is 2. The van der Waals surface area contributed by atoms with Gasteiger partial charge in [0.1, 0.15) is 0 Å². The smallest absolute Gasteiger partial charge is 0.327 e. The molecule has 1 fully saturated rings. The summed E-state index contributed by atoms with van der Waals surface area (Å²) in [7, 11) is 0. The number of rotatable bonds is 6. The minimum absolute atomic E-state index is 0.000880. The number of nitrogens with two attached hydrogens (primary N) is 1. The van der Waals surface area contributed by atoms with Crippen LogP contribution in [0.4, 0.5) is 13.2 Å². The van der Waals surface area contributed by atoms with Gasteiger partial charge in [0, 0.05) is 12.6 Å². The van der Waals surface area contributed by atoms with Crippen LogP contribution in [0.15, 0.2) is 0 Å². The van der Waals surface area contributed by atoms with Gasteiger partial charge in [-0.1, -0.05) is 0 Å². The van der Waals surface area contributed by atoms with E-state index in [0.29, 0.717) is 12.5 Å². The van der Waals surface area contributed by atoms with Crippen LogP contribution in [0.25, 0.3) is 0 Å². The minimum atomic E-state index is -4.05. The van der Waals surface area contributed by atoms with E-state index < -0.39 is 12.6 Å². The van der Waals surface area contributed by atoms with E-state index >= 15 is 0 Å². The Morgan fingerprint density at radius 3 is 2.43 bits per heavy atom. The van der Waals surface area contributed by atoms with Gasteiger partial charge in [0.15, 0.2) is 0 Å². The van der Waals surface area contributed by atoms with E-state index in [0.717, 1.165) is 6.42 Å². The lowest BCUT2D eigenvalue weighted by Gasteiger charge is -2.11. The molecule has 14 heavy (non-hydrogen) atoms. The Bertz CT molecular complexity index is 166. The largest absolute Gasteiger partial charge is 0.390 e. The maximum Gasteiger partial charge on any atom is 0.390 e. The van der Waals surface area contributed by atoms with Gasteiger partial charge >= 0.3 is 6.18 Å². The third-order valence-corrected chi connectivity index (χ3v) is 2.47. The van der Waals surface area contributed by atoms with Crippen molar-refractivity contribution >= 4 is 0 Å². The van der Waals surface area contributed by atoms with Crippen molar-refractivity contribution in [2.45, 2.75) is 37.9 Å². The van der Waals surface area contributed by atoms with Crippen molar-refractivity contribution in [1.29, 1.82) is 0 Å². The van der Waals surface area contributed by atoms with Crippen LogP contribution in [-0.4, -0.2) is 25.3 Å². The van der Waals surface area contributed by atoms with Crippen LogP contribution in [0.2, 0.25) is 0 Å². The summed E-state index contributed by atoms with van der Waals surface area (Å²) in [5, 5.41) is 2.76. The fraction of sp³-hybridized carbons (Fsp3) is 1.00. The summed E-state index contributed by atoms with van der Waals surface area (Å²) in [6, 6.07) is 0.174. The predicted octanol–water partition coefficient (Wildman–Crippen LogP) is 1.66. The molecule has 0 bridgehead atoms. The van der Waals surface area contributed by atoms with Crippen molar-refractivity contribution in [3.8, 4) is 0 Å². The lowest BCUT2D eigenvalue weighted by atomic mass is 10.1. The van der Waals surface area contributed by atoms with Crippen molar-refractivity contribution in [1.82, 2.24) is 5.32 Å². The van der Waals surface area contributed by atoms with E-state index in [9.17, 15) is 13.2 Å². The highest BCUT2D eigenvalue weighted by Crippen LogP contribution is 2.32. The molecule has 1 aliphatic rings. The van der Waals surface area contributed by atoms with Crippen LogP contribution in [0.1, 0.15) is 25.7 Å². The molecule has 1 rings (SSSR count). The zero-order chi connectivity index (χ0) is 10.6. The molecule has 1 atom stereocenters. The second-order valence-corrected chi connectivity index (χ2v) is 3.91. The Morgan fingerprint density at radius 2 is 1.93 bits per heavy atom. The fourth-order valence-corrected chi connectivity index (χ4v) is 1.38. The normalized spacial score (nSPS) is 19.7. The minimum Gasteiger partial charge on any atom is -0.327 e. The molecule has 0 aliphatic heterocycles. The van der Waals surface area contributed by atoms with Crippen molar-refractivity contribution in [3.05, 3.63) is 0 Å². The average molecular weight is 210 g/mol. The first-order valence-corrected chi connectivity index (χ1v) is 5.02. The van der Waals surface area contributed by atoms with Gasteiger partial charge in [-0.25, -0.2) is 0 Å². The monoisotopic (exact) mass is 210 g/mol. The summed E-state index contributed by atoms with van der Waals surface area (Å²) < 4.78 is 35.1. The lowest BCUT2D eigenvalue weighted by Crippen LogP contribution is -2.30. The van der Waals surface area contributed by atoms with E-state index in [4.69, 9.17) is 5.73 Å². The second-order valence-electron chi connectivity index (χ2n) is 3.91. The fourth-order valence-electron chi connectivity index (χ4n) is 1.38. The second kappa shape index (κ2) is 4.98. The quantitative estimate of drug-likeness (QED) is 0.654. The van der Waals surface area contributed by atoms with E-state index in [-0.39, 0.29) is 12.6 Å². The third kappa shape index (κ3) is 5.44. The summed E-state index contributed by atoms with van der Waals surface area (Å²) in [5.74, 6) is 0.624. The summed E-state index contributed by atoms with van der Waals surface area (Å²) in [4.78, 5) is 0. The topological polar surface area (TPSA) is 38.0 Å². The standard InChI is InChI=1S/C9H17F3N2/c10-9(11,12)4-6-14-5-3-8(13)7-1-2-7/h7-8,14H,1-6,13H2. The molecule has 0 heterocycles. The molecule has 0 amide bonds. The SMILES string of the molecule is NC(CCNCCC(F)(F)F)C1CC1. The number of alkyl halides is 3.